The summed E-state index contributed by atoms with van der Waals surface area (Å²) in [4.78, 5) is 10.9. The highest BCUT2D eigenvalue weighted by molar-refractivity contribution is 7.92. The van der Waals surface area contributed by atoms with E-state index in [0.29, 0.717) is 6.42 Å². The molecule has 1 aromatic rings. The Labute approximate surface area is 106 Å². The van der Waals surface area contributed by atoms with Crippen LogP contribution in [0.3, 0.4) is 0 Å². The van der Waals surface area contributed by atoms with E-state index in [1.807, 2.05) is 0 Å². The van der Waals surface area contributed by atoms with E-state index >= 15 is 0 Å². The molecule has 0 aromatic heterocycles. The first-order valence-corrected chi connectivity index (χ1v) is 6.96. The maximum Gasteiger partial charge on any atom is 0.339 e. The van der Waals surface area contributed by atoms with E-state index < -0.39 is 16.0 Å². The van der Waals surface area contributed by atoms with E-state index in [9.17, 15) is 13.2 Å². The zero-order chi connectivity index (χ0) is 13.8. The van der Waals surface area contributed by atoms with Crippen LogP contribution in [0.1, 0.15) is 23.7 Å². The van der Waals surface area contributed by atoms with Crippen LogP contribution in [0.15, 0.2) is 18.2 Å². The van der Waals surface area contributed by atoms with E-state index in [0.717, 1.165) is 0 Å². The molecular weight excluding hydrogens is 258 g/mol. The van der Waals surface area contributed by atoms with Gasteiger partial charge in [-0.25, -0.2) is 13.2 Å². The standard InChI is InChI=1S/C11H15NO5S/c1-3-6-18(15,16)12-8-4-5-9(11(13)14)10(7-8)17-2/h4-5,7,12H,3,6H2,1-2H3,(H,13,14). The molecule has 0 aliphatic carbocycles. The summed E-state index contributed by atoms with van der Waals surface area (Å²) in [7, 11) is -2.07. The van der Waals surface area contributed by atoms with Crippen LogP contribution in [0.25, 0.3) is 0 Å². The van der Waals surface area contributed by atoms with Crippen molar-refractivity contribution in [3.8, 4) is 5.75 Å². The van der Waals surface area contributed by atoms with Crippen molar-refractivity contribution in [3.05, 3.63) is 23.8 Å². The number of nitrogens with one attached hydrogen (secondary N) is 1. The number of hydrogen-bond acceptors (Lipinski definition) is 4. The lowest BCUT2D eigenvalue weighted by Gasteiger charge is -2.10. The Hall–Kier alpha value is -1.76. The summed E-state index contributed by atoms with van der Waals surface area (Å²) >= 11 is 0. The van der Waals surface area contributed by atoms with Crippen LogP contribution in [-0.4, -0.2) is 32.4 Å². The third-order valence-electron chi connectivity index (χ3n) is 2.18. The summed E-state index contributed by atoms with van der Waals surface area (Å²) in [5.74, 6) is -1.01. The highest BCUT2D eigenvalue weighted by atomic mass is 32.2. The van der Waals surface area contributed by atoms with Crippen LogP contribution in [0.5, 0.6) is 5.75 Å². The number of aromatic carboxylic acids is 1. The summed E-state index contributed by atoms with van der Waals surface area (Å²) in [6.45, 7) is 1.76. The number of ether oxygens (including phenoxy) is 1. The van der Waals surface area contributed by atoms with Crippen molar-refractivity contribution in [1.29, 1.82) is 0 Å². The zero-order valence-electron chi connectivity index (χ0n) is 10.1. The lowest BCUT2D eigenvalue weighted by atomic mass is 10.2. The molecule has 0 amide bonds. The Bertz CT molecular complexity index is 538. The third-order valence-corrected chi connectivity index (χ3v) is 3.67. The van der Waals surface area contributed by atoms with E-state index in [-0.39, 0.29) is 22.8 Å². The zero-order valence-corrected chi connectivity index (χ0v) is 11.0. The Balaban J connectivity index is 3.03. The predicted molar refractivity (Wildman–Crippen MR) is 67.7 cm³/mol. The quantitative estimate of drug-likeness (QED) is 0.820. The van der Waals surface area contributed by atoms with Gasteiger partial charge in [0.15, 0.2) is 0 Å². The summed E-state index contributed by atoms with van der Waals surface area (Å²) in [5.41, 5.74) is 0.265. The molecule has 0 bridgehead atoms. The molecule has 0 radical (unpaired) electrons. The number of rotatable bonds is 6. The first-order chi connectivity index (χ1) is 8.39. The molecule has 0 spiro atoms. The maximum atomic E-state index is 11.6. The first kappa shape index (κ1) is 14.3. The average Bonchev–Trinajstić information content (AvgIpc) is 2.27. The van der Waals surface area contributed by atoms with Gasteiger partial charge in [-0.2, -0.15) is 0 Å². The summed E-state index contributed by atoms with van der Waals surface area (Å²) in [6, 6.07) is 4.03. The fourth-order valence-electron chi connectivity index (χ4n) is 1.43. The molecule has 6 nitrogen and oxygen atoms in total. The molecule has 0 unspecified atom stereocenters. The number of carboxylic acids is 1. The summed E-state index contributed by atoms with van der Waals surface area (Å²) in [6.07, 6.45) is 0.500. The van der Waals surface area contributed by atoms with Gasteiger partial charge in [0.2, 0.25) is 10.0 Å². The molecule has 18 heavy (non-hydrogen) atoms. The van der Waals surface area contributed by atoms with E-state index in [4.69, 9.17) is 9.84 Å². The Morgan fingerprint density at radius 2 is 2.11 bits per heavy atom. The average molecular weight is 273 g/mol. The number of carboxylic acid groups (broad SMARTS) is 1. The molecule has 0 atom stereocenters. The molecule has 0 heterocycles. The number of methoxy groups -OCH3 is 1. The highest BCUT2D eigenvalue weighted by Gasteiger charge is 2.14. The number of benzene rings is 1. The Kier molecular flexibility index (Phi) is 4.55. The van der Waals surface area contributed by atoms with Gasteiger partial charge in [-0.1, -0.05) is 6.92 Å². The van der Waals surface area contributed by atoms with Gasteiger partial charge in [0, 0.05) is 6.07 Å². The van der Waals surface area contributed by atoms with Crippen LogP contribution in [-0.2, 0) is 10.0 Å². The van der Waals surface area contributed by atoms with Gasteiger partial charge in [0.1, 0.15) is 11.3 Å². The van der Waals surface area contributed by atoms with Crippen LogP contribution in [0.4, 0.5) is 5.69 Å². The van der Waals surface area contributed by atoms with Crippen molar-refractivity contribution in [3.63, 3.8) is 0 Å². The molecule has 1 aromatic carbocycles. The van der Waals surface area contributed by atoms with Crippen LogP contribution < -0.4 is 9.46 Å². The van der Waals surface area contributed by atoms with Crippen molar-refractivity contribution in [2.24, 2.45) is 0 Å². The minimum absolute atomic E-state index is 0.00992. The topological polar surface area (TPSA) is 92.7 Å². The first-order valence-electron chi connectivity index (χ1n) is 5.31. The van der Waals surface area contributed by atoms with Gasteiger partial charge >= 0.3 is 5.97 Å². The van der Waals surface area contributed by atoms with Gasteiger partial charge in [-0.3, -0.25) is 4.72 Å². The van der Waals surface area contributed by atoms with Crippen molar-refractivity contribution >= 4 is 21.7 Å². The monoisotopic (exact) mass is 273 g/mol. The number of sulfonamides is 1. The number of hydrogen-bond donors (Lipinski definition) is 2. The second kappa shape index (κ2) is 5.72. The van der Waals surface area contributed by atoms with Crippen molar-refractivity contribution < 1.29 is 23.1 Å². The largest absolute Gasteiger partial charge is 0.496 e. The third kappa shape index (κ3) is 3.63. The summed E-state index contributed by atoms with van der Waals surface area (Å²) in [5, 5.41) is 8.89. The molecule has 2 N–H and O–H groups in total. The fraction of sp³-hybridized carbons (Fsp3) is 0.364. The Morgan fingerprint density at radius 3 is 2.61 bits per heavy atom. The predicted octanol–water partition coefficient (Wildman–Crippen LogP) is 1.55. The Morgan fingerprint density at radius 1 is 1.44 bits per heavy atom. The van der Waals surface area contributed by atoms with Crippen molar-refractivity contribution in [2.45, 2.75) is 13.3 Å². The highest BCUT2D eigenvalue weighted by Crippen LogP contribution is 2.23. The van der Waals surface area contributed by atoms with Gasteiger partial charge in [-0.15, -0.1) is 0 Å². The van der Waals surface area contributed by atoms with Crippen molar-refractivity contribution in [2.75, 3.05) is 17.6 Å². The molecule has 0 saturated heterocycles. The van der Waals surface area contributed by atoms with Crippen LogP contribution in [0.2, 0.25) is 0 Å². The van der Waals surface area contributed by atoms with E-state index in [1.165, 1.54) is 25.3 Å². The normalized spacial score (nSPS) is 11.0. The minimum Gasteiger partial charge on any atom is -0.496 e. The van der Waals surface area contributed by atoms with Gasteiger partial charge in [0.25, 0.3) is 0 Å². The lowest BCUT2D eigenvalue weighted by Crippen LogP contribution is -2.16. The molecular formula is C11H15NO5S. The van der Waals surface area contributed by atoms with Gasteiger partial charge in [0.05, 0.1) is 18.6 Å². The van der Waals surface area contributed by atoms with Gasteiger partial charge in [-0.05, 0) is 18.6 Å². The number of anilines is 1. The van der Waals surface area contributed by atoms with Crippen LogP contribution >= 0.6 is 0 Å². The van der Waals surface area contributed by atoms with E-state index in [1.54, 1.807) is 6.92 Å². The van der Waals surface area contributed by atoms with Gasteiger partial charge < -0.3 is 9.84 Å². The molecule has 7 heteroatoms. The minimum atomic E-state index is -3.40. The van der Waals surface area contributed by atoms with E-state index in [2.05, 4.69) is 4.72 Å². The fourth-order valence-corrected chi connectivity index (χ4v) is 2.56. The molecule has 1 rings (SSSR count). The van der Waals surface area contributed by atoms with Crippen LogP contribution in [0, 0.1) is 0 Å². The smallest absolute Gasteiger partial charge is 0.339 e. The molecule has 100 valence electrons. The second-order valence-corrected chi connectivity index (χ2v) is 5.48. The maximum absolute atomic E-state index is 11.6. The molecule has 0 fully saturated rings. The lowest BCUT2D eigenvalue weighted by molar-refractivity contribution is 0.0693. The SMILES string of the molecule is CCCS(=O)(=O)Nc1ccc(C(=O)O)c(OC)c1. The number of carbonyl (C=O) groups is 1. The summed E-state index contributed by atoms with van der Waals surface area (Å²) < 4.78 is 30.4. The molecule has 0 aliphatic rings. The molecule has 0 aliphatic heterocycles. The second-order valence-electron chi connectivity index (χ2n) is 3.64. The van der Waals surface area contributed by atoms with Crippen molar-refractivity contribution in [1.82, 2.24) is 0 Å². The molecule has 0 saturated carbocycles.